The van der Waals surface area contributed by atoms with Gasteiger partial charge in [-0.3, -0.25) is 9.36 Å². The number of H-pyrrole nitrogens is 1. The number of fused-ring (bicyclic) bond motifs is 2. The first-order chi connectivity index (χ1) is 13.8. The highest BCUT2D eigenvalue weighted by Crippen LogP contribution is 2.36. The molecule has 0 unspecified atom stereocenters. The van der Waals surface area contributed by atoms with Crippen molar-refractivity contribution in [2.45, 2.75) is 45.8 Å². The number of hydrogen-bond acceptors (Lipinski definition) is 5. The number of thiazole rings is 1. The number of anilines is 1. The molecule has 148 valence electrons. The van der Waals surface area contributed by atoms with Gasteiger partial charge in [0.2, 0.25) is 5.95 Å². The van der Waals surface area contributed by atoms with Crippen LogP contribution in [0.15, 0.2) is 46.1 Å². The molecule has 1 aliphatic heterocycles. The van der Waals surface area contributed by atoms with Crippen molar-refractivity contribution in [3.05, 3.63) is 51.7 Å². The number of aromatic amines is 1. The van der Waals surface area contributed by atoms with Crippen LogP contribution in [-0.2, 0) is 6.54 Å². The highest BCUT2D eigenvalue weighted by Gasteiger charge is 2.39. The topological polar surface area (TPSA) is 66.8 Å². The molecule has 7 heteroatoms. The lowest BCUT2D eigenvalue weighted by atomic mass is 10.0. The third-order valence-corrected chi connectivity index (χ3v) is 6.19. The predicted molar refractivity (Wildman–Crippen MR) is 119 cm³/mol. The summed E-state index contributed by atoms with van der Waals surface area (Å²) in [5.74, 6) is 0.748. The van der Waals surface area contributed by atoms with Gasteiger partial charge in [-0.25, -0.2) is 9.97 Å². The molecule has 0 atom stereocenters. The zero-order valence-corrected chi connectivity index (χ0v) is 17.7. The van der Waals surface area contributed by atoms with Crippen LogP contribution in [0.2, 0.25) is 0 Å². The molecule has 1 aromatic carbocycles. The van der Waals surface area contributed by atoms with Crippen LogP contribution >= 0.6 is 11.3 Å². The van der Waals surface area contributed by atoms with E-state index in [1.165, 1.54) is 0 Å². The molecule has 0 spiro atoms. The van der Waals surface area contributed by atoms with E-state index in [0.717, 1.165) is 33.7 Å². The van der Waals surface area contributed by atoms with E-state index in [9.17, 15) is 4.79 Å². The van der Waals surface area contributed by atoms with E-state index in [2.05, 4.69) is 60.8 Å². The first kappa shape index (κ1) is 18.1. The average molecular weight is 406 g/mol. The smallest absolute Gasteiger partial charge is 0.255 e. The Morgan fingerprint density at radius 3 is 2.76 bits per heavy atom. The first-order valence-corrected chi connectivity index (χ1v) is 10.7. The van der Waals surface area contributed by atoms with Gasteiger partial charge in [0.15, 0.2) is 0 Å². The Hall–Kier alpha value is -2.93. The maximum absolute atomic E-state index is 13.0. The van der Waals surface area contributed by atoms with E-state index in [1.807, 2.05) is 17.1 Å². The van der Waals surface area contributed by atoms with Crippen LogP contribution in [0.4, 0.5) is 5.95 Å². The summed E-state index contributed by atoms with van der Waals surface area (Å²) < 4.78 is 1.79. The molecule has 29 heavy (non-hydrogen) atoms. The van der Waals surface area contributed by atoms with Crippen molar-refractivity contribution in [3.63, 3.8) is 0 Å². The van der Waals surface area contributed by atoms with E-state index in [4.69, 9.17) is 4.98 Å². The summed E-state index contributed by atoms with van der Waals surface area (Å²) in [6.07, 6.45) is 1.94. The molecule has 5 rings (SSSR count). The van der Waals surface area contributed by atoms with E-state index in [1.54, 1.807) is 22.0 Å². The lowest BCUT2D eigenvalue weighted by Gasteiger charge is -2.35. The summed E-state index contributed by atoms with van der Waals surface area (Å²) in [5, 5.41) is 3.08. The van der Waals surface area contributed by atoms with Crippen molar-refractivity contribution in [1.82, 2.24) is 19.5 Å². The third kappa shape index (κ3) is 2.80. The molecule has 1 N–H and O–H groups in total. The fraction of sp³-hybridized carbons (Fsp3) is 0.318. The zero-order chi connectivity index (χ0) is 20.3. The normalized spacial score (nSPS) is 15.4. The summed E-state index contributed by atoms with van der Waals surface area (Å²) >= 11 is 1.58. The van der Waals surface area contributed by atoms with Crippen LogP contribution in [-0.4, -0.2) is 31.1 Å². The standard InChI is InChI=1S/C22H23N5OS/c1-13(2)27-21-25-18(8-20(28)26(21)11-22(27,3)4)16-9-23-17-6-5-14(7-15(16)17)19-10-29-12-24-19/h5-10,12-13,23H,11H2,1-4H3. The van der Waals surface area contributed by atoms with Gasteiger partial charge in [-0.2, -0.15) is 0 Å². The summed E-state index contributed by atoms with van der Waals surface area (Å²) in [5.41, 5.74) is 6.35. The summed E-state index contributed by atoms with van der Waals surface area (Å²) in [6.45, 7) is 9.25. The van der Waals surface area contributed by atoms with Crippen LogP contribution in [0.3, 0.4) is 0 Å². The van der Waals surface area contributed by atoms with E-state index >= 15 is 0 Å². The van der Waals surface area contributed by atoms with Crippen molar-refractivity contribution >= 4 is 28.2 Å². The number of nitrogens with zero attached hydrogens (tertiary/aromatic N) is 4. The van der Waals surface area contributed by atoms with Crippen molar-refractivity contribution in [3.8, 4) is 22.5 Å². The Bertz CT molecular complexity index is 1270. The second kappa shape index (κ2) is 6.29. The quantitative estimate of drug-likeness (QED) is 0.544. The van der Waals surface area contributed by atoms with Gasteiger partial charge in [0.25, 0.3) is 5.56 Å². The Balaban J connectivity index is 1.69. The minimum absolute atomic E-state index is 0.00812. The van der Waals surface area contributed by atoms with Gasteiger partial charge >= 0.3 is 0 Å². The number of rotatable bonds is 3. The van der Waals surface area contributed by atoms with E-state index < -0.39 is 0 Å². The molecule has 6 nitrogen and oxygen atoms in total. The van der Waals surface area contributed by atoms with E-state index in [0.29, 0.717) is 12.2 Å². The summed E-state index contributed by atoms with van der Waals surface area (Å²) in [7, 11) is 0. The molecular weight excluding hydrogens is 382 g/mol. The molecule has 0 fully saturated rings. The molecule has 0 aliphatic carbocycles. The van der Waals surface area contributed by atoms with Gasteiger partial charge in [0.05, 0.1) is 29.0 Å². The fourth-order valence-electron chi connectivity index (χ4n) is 4.48. The Labute approximate surface area is 172 Å². The van der Waals surface area contributed by atoms with E-state index in [-0.39, 0.29) is 17.1 Å². The van der Waals surface area contributed by atoms with Crippen LogP contribution in [0.25, 0.3) is 33.4 Å². The highest BCUT2D eigenvalue weighted by atomic mass is 32.1. The Kier molecular flexibility index (Phi) is 3.93. The number of aromatic nitrogens is 4. The lowest BCUT2D eigenvalue weighted by molar-refractivity contribution is 0.425. The summed E-state index contributed by atoms with van der Waals surface area (Å²) in [4.78, 5) is 27.9. The minimum atomic E-state index is -0.149. The predicted octanol–water partition coefficient (Wildman–Crippen LogP) is 4.52. The van der Waals surface area contributed by atoms with Crippen LogP contribution in [0.5, 0.6) is 0 Å². The van der Waals surface area contributed by atoms with Gasteiger partial charge in [-0.1, -0.05) is 6.07 Å². The SMILES string of the molecule is CC(C)N1c2nc(-c3c[nH]c4ccc(-c5cscn5)cc34)cc(=O)n2CC1(C)C. The fourth-order valence-corrected chi connectivity index (χ4v) is 5.04. The molecule has 0 bridgehead atoms. The van der Waals surface area contributed by atoms with Crippen molar-refractivity contribution in [1.29, 1.82) is 0 Å². The molecule has 0 saturated heterocycles. The molecule has 0 saturated carbocycles. The minimum Gasteiger partial charge on any atom is -0.360 e. The van der Waals surface area contributed by atoms with Gasteiger partial charge in [-0.05, 0) is 39.8 Å². The average Bonchev–Trinajstić information content (AvgIpc) is 3.37. The third-order valence-electron chi connectivity index (χ3n) is 5.60. The van der Waals surface area contributed by atoms with Gasteiger partial charge in [0, 0.05) is 45.7 Å². The molecule has 4 aromatic rings. The van der Waals surface area contributed by atoms with Crippen molar-refractivity contribution in [2.24, 2.45) is 0 Å². The van der Waals surface area contributed by atoms with Gasteiger partial charge in [0.1, 0.15) is 0 Å². The highest BCUT2D eigenvalue weighted by molar-refractivity contribution is 7.07. The molecule has 1 aliphatic rings. The largest absolute Gasteiger partial charge is 0.360 e. The molecule has 0 radical (unpaired) electrons. The van der Waals surface area contributed by atoms with Crippen LogP contribution in [0.1, 0.15) is 27.7 Å². The first-order valence-electron chi connectivity index (χ1n) is 9.76. The van der Waals surface area contributed by atoms with Crippen LogP contribution < -0.4 is 10.5 Å². The Morgan fingerprint density at radius 1 is 1.21 bits per heavy atom. The molecule has 3 aromatic heterocycles. The summed E-state index contributed by atoms with van der Waals surface area (Å²) in [6, 6.07) is 8.14. The van der Waals surface area contributed by atoms with Crippen LogP contribution in [0, 0.1) is 0 Å². The monoisotopic (exact) mass is 405 g/mol. The number of benzene rings is 1. The second-order valence-electron chi connectivity index (χ2n) is 8.48. The molecular formula is C22H23N5OS. The molecule has 0 amide bonds. The van der Waals surface area contributed by atoms with Crippen molar-refractivity contribution in [2.75, 3.05) is 4.90 Å². The zero-order valence-electron chi connectivity index (χ0n) is 16.9. The van der Waals surface area contributed by atoms with Gasteiger partial charge in [-0.15, -0.1) is 11.3 Å². The molecule has 4 heterocycles. The second-order valence-corrected chi connectivity index (χ2v) is 9.20. The number of hydrogen-bond donors (Lipinski definition) is 1. The number of nitrogens with one attached hydrogen (secondary N) is 1. The lowest BCUT2D eigenvalue weighted by Crippen LogP contribution is -2.45. The Morgan fingerprint density at radius 2 is 2.03 bits per heavy atom. The maximum atomic E-state index is 13.0. The van der Waals surface area contributed by atoms with Gasteiger partial charge < -0.3 is 9.88 Å². The van der Waals surface area contributed by atoms with Crippen molar-refractivity contribution < 1.29 is 0 Å². The maximum Gasteiger partial charge on any atom is 0.255 e.